The lowest BCUT2D eigenvalue weighted by atomic mass is 9.97. The summed E-state index contributed by atoms with van der Waals surface area (Å²) in [6, 6.07) is 13.7. The molecule has 0 aliphatic carbocycles. The Balaban J connectivity index is 1.71. The first-order valence-corrected chi connectivity index (χ1v) is 8.63. The smallest absolute Gasteiger partial charge is 0.410 e. The lowest BCUT2D eigenvalue weighted by Crippen LogP contribution is -2.39. The summed E-state index contributed by atoms with van der Waals surface area (Å²) in [5.41, 5.74) is 2.04. The number of benzene rings is 1. The van der Waals surface area contributed by atoms with Crippen LogP contribution in [-0.2, 0) is 11.3 Å². The van der Waals surface area contributed by atoms with E-state index in [1.165, 1.54) is 0 Å². The van der Waals surface area contributed by atoms with Crippen LogP contribution in [0.4, 0.5) is 4.79 Å². The molecule has 2 heterocycles. The van der Waals surface area contributed by atoms with Crippen molar-refractivity contribution in [2.24, 2.45) is 0 Å². The van der Waals surface area contributed by atoms with Gasteiger partial charge in [-0.2, -0.15) is 0 Å². The average Bonchev–Trinajstić information content (AvgIpc) is 2.61. The third-order valence-electron chi connectivity index (χ3n) is 4.09. The van der Waals surface area contributed by atoms with Gasteiger partial charge in [0.2, 0.25) is 0 Å². The molecule has 0 bridgehead atoms. The lowest BCUT2D eigenvalue weighted by molar-refractivity contribution is 0.0676. The molecule has 0 saturated carbocycles. The Bertz CT molecular complexity index is 663. The number of nitrogens with zero attached hydrogens (tertiary/aromatic N) is 2. The van der Waals surface area contributed by atoms with E-state index in [0.29, 0.717) is 6.61 Å². The number of likely N-dealkylation sites (tertiary alicyclic amines) is 1. The van der Waals surface area contributed by atoms with Crippen molar-refractivity contribution in [2.75, 3.05) is 6.54 Å². The summed E-state index contributed by atoms with van der Waals surface area (Å²) >= 11 is 3.49. The number of hydrogen-bond donors (Lipinski definition) is 0. The molecule has 3 rings (SSSR count). The van der Waals surface area contributed by atoms with Gasteiger partial charge in [0.05, 0.1) is 6.04 Å². The van der Waals surface area contributed by atoms with Crippen molar-refractivity contribution in [3.8, 4) is 0 Å². The molecule has 1 aromatic heterocycles. The highest BCUT2D eigenvalue weighted by Crippen LogP contribution is 2.34. The second kappa shape index (κ2) is 7.59. The van der Waals surface area contributed by atoms with E-state index in [9.17, 15) is 4.79 Å². The molecule has 1 aromatic carbocycles. The van der Waals surface area contributed by atoms with Gasteiger partial charge in [0.25, 0.3) is 0 Å². The summed E-state index contributed by atoms with van der Waals surface area (Å²) in [4.78, 5) is 18.6. The van der Waals surface area contributed by atoms with E-state index < -0.39 is 0 Å². The van der Waals surface area contributed by atoms with Crippen molar-refractivity contribution in [3.05, 3.63) is 64.4 Å². The number of pyridine rings is 1. The largest absolute Gasteiger partial charge is 0.445 e. The molecule has 1 aliphatic heterocycles. The van der Waals surface area contributed by atoms with E-state index in [0.717, 1.165) is 41.5 Å². The number of carbonyl (C=O) groups is 1. The minimum Gasteiger partial charge on any atom is -0.445 e. The van der Waals surface area contributed by atoms with E-state index in [-0.39, 0.29) is 12.1 Å². The second-order valence-electron chi connectivity index (χ2n) is 5.63. The van der Waals surface area contributed by atoms with Crippen molar-refractivity contribution >= 4 is 22.0 Å². The molecular formula is C18H19BrN2O2. The molecular weight excluding hydrogens is 356 g/mol. The van der Waals surface area contributed by atoms with Crippen LogP contribution in [-0.4, -0.2) is 22.5 Å². The highest BCUT2D eigenvalue weighted by molar-refractivity contribution is 9.10. The Morgan fingerprint density at radius 3 is 2.83 bits per heavy atom. The molecule has 0 radical (unpaired) electrons. The van der Waals surface area contributed by atoms with Crippen LogP contribution in [0.1, 0.15) is 36.4 Å². The molecule has 2 aromatic rings. The van der Waals surface area contributed by atoms with Crippen LogP contribution in [0.5, 0.6) is 0 Å². The fourth-order valence-corrected chi connectivity index (χ4v) is 3.44. The molecule has 5 heteroatoms. The maximum atomic E-state index is 12.5. The molecule has 23 heavy (non-hydrogen) atoms. The molecule has 1 aliphatic rings. The summed E-state index contributed by atoms with van der Waals surface area (Å²) < 4.78 is 6.31. The van der Waals surface area contributed by atoms with Crippen molar-refractivity contribution in [2.45, 2.75) is 31.9 Å². The first kappa shape index (κ1) is 16.0. The predicted octanol–water partition coefficient (Wildman–Crippen LogP) is 4.71. The molecule has 1 atom stereocenters. The number of halogens is 1. The van der Waals surface area contributed by atoms with Crippen LogP contribution in [0, 0.1) is 0 Å². The van der Waals surface area contributed by atoms with Crippen LogP contribution < -0.4 is 0 Å². The molecule has 4 nitrogen and oxygen atoms in total. The fraction of sp³-hybridized carbons (Fsp3) is 0.333. The summed E-state index contributed by atoms with van der Waals surface area (Å²) in [6.07, 6.45) is 4.54. The molecule has 1 unspecified atom stereocenters. The van der Waals surface area contributed by atoms with Crippen LogP contribution in [0.2, 0.25) is 0 Å². The van der Waals surface area contributed by atoms with Crippen molar-refractivity contribution in [1.29, 1.82) is 0 Å². The zero-order chi connectivity index (χ0) is 16.1. The quantitative estimate of drug-likeness (QED) is 0.730. The molecule has 0 N–H and O–H groups in total. The number of ether oxygens (including phenoxy) is 1. The maximum Gasteiger partial charge on any atom is 0.410 e. The van der Waals surface area contributed by atoms with E-state index in [2.05, 4.69) is 20.9 Å². The Labute approximate surface area is 144 Å². The minimum absolute atomic E-state index is 0.0232. The van der Waals surface area contributed by atoms with Gasteiger partial charge < -0.3 is 9.64 Å². The first-order chi connectivity index (χ1) is 11.3. The number of carbonyl (C=O) groups excluding carboxylic acids is 1. The second-order valence-corrected chi connectivity index (χ2v) is 6.38. The molecule has 0 spiro atoms. The van der Waals surface area contributed by atoms with E-state index in [4.69, 9.17) is 4.74 Å². The molecule has 120 valence electrons. The Kier molecular flexibility index (Phi) is 5.28. The Morgan fingerprint density at radius 2 is 2.04 bits per heavy atom. The number of aromatic nitrogens is 1. The van der Waals surface area contributed by atoms with Crippen molar-refractivity contribution in [1.82, 2.24) is 9.88 Å². The molecule has 1 saturated heterocycles. The van der Waals surface area contributed by atoms with Crippen LogP contribution in [0.25, 0.3) is 0 Å². The number of rotatable bonds is 3. The first-order valence-electron chi connectivity index (χ1n) is 7.83. The summed E-state index contributed by atoms with van der Waals surface area (Å²) in [5.74, 6) is 0. The van der Waals surface area contributed by atoms with Crippen LogP contribution >= 0.6 is 15.9 Å². The van der Waals surface area contributed by atoms with Gasteiger partial charge in [-0.25, -0.2) is 9.78 Å². The standard InChI is InChI=1S/C18H19BrN2O2/c19-17-15(9-6-11-20-17)16-10-4-5-12-21(16)18(22)23-13-14-7-2-1-3-8-14/h1-3,6-9,11,16H,4-5,10,12-13H2. The van der Waals surface area contributed by atoms with Gasteiger partial charge in [-0.3, -0.25) is 0 Å². The SMILES string of the molecule is O=C(OCc1ccccc1)N1CCCCC1c1cccnc1Br. The van der Waals surface area contributed by atoms with Gasteiger partial charge in [0, 0.05) is 18.3 Å². The third-order valence-corrected chi connectivity index (χ3v) is 4.75. The van der Waals surface area contributed by atoms with Crippen LogP contribution in [0.3, 0.4) is 0 Å². The van der Waals surface area contributed by atoms with Gasteiger partial charge in [0.1, 0.15) is 11.2 Å². The van der Waals surface area contributed by atoms with Crippen molar-refractivity contribution < 1.29 is 9.53 Å². The molecule has 1 amide bonds. The minimum atomic E-state index is -0.255. The van der Waals surface area contributed by atoms with Gasteiger partial charge in [0.15, 0.2) is 0 Å². The van der Waals surface area contributed by atoms with Gasteiger partial charge >= 0.3 is 6.09 Å². The van der Waals surface area contributed by atoms with Crippen molar-refractivity contribution in [3.63, 3.8) is 0 Å². The van der Waals surface area contributed by atoms with Crippen LogP contribution in [0.15, 0.2) is 53.3 Å². The predicted molar refractivity (Wildman–Crippen MR) is 91.9 cm³/mol. The zero-order valence-corrected chi connectivity index (χ0v) is 14.4. The number of amides is 1. The highest BCUT2D eigenvalue weighted by atomic mass is 79.9. The average molecular weight is 375 g/mol. The normalized spacial score (nSPS) is 17.8. The van der Waals surface area contributed by atoms with E-state index in [1.54, 1.807) is 6.20 Å². The summed E-state index contributed by atoms with van der Waals surface area (Å²) in [5, 5.41) is 0. The van der Waals surface area contributed by atoms with Gasteiger partial charge in [-0.05, 0) is 46.8 Å². The summed E-state index contributed by atoms with van der Waals surface area (Å²) in [7, 11) is 0. The summed E-state index contributed by atoms with van der Waals surface area (Å²) in [6.45, 7) is 1.02. The fourth-order valence-electron chi connectivity index (χ4n) is 2.92. The third kappa shape index (κ3) is 3.91. The van der Waals surface area contributed by atoms with E-state index >= 15 is 0 Å². The number of piperidine rings is 1. The lowest BCUT2D eigenvalue weighted by Gasteiger charge is -2.35. The Hall–Kier alpha value is -1.88. The zero-order valence-electron chi connectivity index (χ0n) is 12.8. The maximum absolute atomic E-state index is 12.5. The number of hydrogen-bond acceptors (Lipinski definition) is 3. The Morgan fingerprint density at radius 1 is 1.22 bits per heavy atom. The monoisotopic (exact) mass is 374 g/mol. The van der Waals surface area contributed by atoms with Gasteiger partial charge in [-0.15, -0.1) is 0 Å². The highest BCUT2D eigenvalue weighted by Gasteiger charge is 2.30. The van der Waals surface area contributed by atoms with Gasteiger partial charge in [-0.1, -0.05) is 36.4 Å². The topological polar surface area (TPSA) is 42.4 Å². The van der Waals surface area contributed by atoms with E-state index in [1.807, 2.05) is 47.4 Å². The molecule has 1 fully saturated rings.